The van der Waals surface area contributed by atoms with E-state index in [-0.39, 0.29) is 0 Å². The van der Waals surface area contributed by atoms with Crippen molar-refractivity contribution in [1.82, 2.24) is 4.57 Å². The normalized spacial score (nSPS) is 17.3. The predicted octanol–water partition coefficient (Wildman–Crippen LogP) is 6.85. The van der Waals surface area contributed by atoms with Gasteiger partial charge in [-0.05, 0) is 56.8 Å². The van der Waals surface area contributed by atoms with Crippen LogP contribution >= 0.6 is 0 Å². The van der Waals surface area contributed by atoms with E-state index in [4.69, 9.17) is 13.3 Å². The standard InChI is InChI=1S/C23H51NO3Si2/c1-10-25-28(26-11-2,27-12-3)19-18-24(23-16-14-13-15-17-23)29(20(4)5,21(6)7)22(8)9/h20-23H,10-19H2,1-9H3. The van der Waals surface area contributed by atoms with Crippen LogP contribution in [0.25, 0.3) is 0 Å². The molecule has 0 aromatic carbocycles. The lowest BCUT2D eigenvalue weighted by Crippen LogP contribution is -2.65. The molecule has 0 radical (unpaired) electrons. The van der Waals surface area contributed by atoms with Crippen molar-refractivity contribution in [3.63, 3.8) is 0 Å². The molecule has 174 valence electrons. The van der Waals surface area contributed by atoms with Crippen LogP contribution in [0, 0.1) is 0 Å². The summed E-state index contributed by atoms with van der Waals surface area (Å²) in [6, 6.07) is 1.64. The Bertz CT molecular complexity index is 401. The smallest absolute Gasteiger partial charge is 0.374 e. The highest BCUT2D eigenvalue weighted by Gasteiger charge is 2.51. The Hall–Kier alpha value is 0.274. The van der Waals surface area contributed by atoms with Gasteiger partial charge in [0.25, 0.3) is 0 Å². The molecule has 0 bridgehead atoms. The van der Waals surface area contributed by atoms with Crippen LogP contribution in [0.3, 0.4) is 0 Å². The lowest BCUT2D eigenvalue weighted by Gasteiger charge is -2.55. The van der Waals surface area contributed by atoms with Crippen molar-refractivity contribution in [2.24, 2.45) is 0 Å². The molecular formula is C23H51NO3Si2. The fourth-order valence-electron chi connectivity index (χ4n) is 6.34. The van der Waals surface area contributed by atoms with Crippen molar-refractivity contribution >= 4 is 17.0 Å². The predicted molar refractivity (Wildman–Crippen MR) is 130 cm³/mol. The number of hydrogen-bond acceptors (Lipinski definition) is 4. The first-order chi connectivity index (χ1) is 13.7. The van der Waals surface area contributed by atoms with E-state index in [1.54, 1.807) is 0 Å². The van der Waals surface area contributed by atoms with Crippen LogP contribution in [0.1, 0.15) is 94.4 Å². The molecule has 0 N–H and O–H groups in total. The van der Waals surface area contributed by atoms with Gasteiger partial charge in [0.1, 0.15) is 8.24 Å². The molecule has 0 amide bonds. The summed E-state index contributed by atoms with van der Waals surface area (Å²) < 4.78 is 21.7. The summed E-state index contributed by atoms with van der Waals surface area (Å²) >= 11 is 0. The summed E-state index contributed by atoms with van der Waals surface area (Å²) in [7, 11) is -4.35. The average Bonchev–Trinajstić information content (AvgIpc) is 2.65. The Labute approximate surface area is 184 Å². The maximum Gasteiger partial charge on any atom is 0.502 e. The third kappa shape index (κ3) is 6.63. The highest BCUT2D eigenvalue weighted by atomic mass is 28.4. The van der Waals surface area contributed by atoms with Gasteiger partial charge in [-0.15, -0.1) is 0 Å². The van der Waals surface area contributed by atoms with Crippen LogP contribution in [0.2, 0.25) is 22.7 Å². The summed E-state index contributed by atoms with van der Waals surface area (Å²) in [6.45, 7) is 24.2. The highest BCUT2D eigenvalue weighted by molar-refractivity contribution is 6.81. The van der Waals surface area contributed by atoms with Crippen molar-refractivity contribution in [2.75, 3.05) is 26.4 Å². The van der Waals surface area contributed by atoms with Crippen LogP contribution in [-0.2, 0) is 13.3 Å². The third-order valence-corrected chi connectivity index (χ3v) is 17.2. The Balaban J connectivity index is 3.29. The highest BCUT2D eigenvalue weighted by Crippen LogP contribution is 2.46. The van der Waals surface area contributed by atoms with Gasteiger partial charge >= 0.3 is 8.80 Å². The lowest BCUT2D eigenvalue weighted by atomic mass is 9.95. The third-order valence-electron chi connectivity index (χ3n) is 7.04. The van der Waals surface area contributed by atoms with Gasteiger partial charge in [-0.1, -0.05) is 60.8 Å². The van der Waals surface area contributed by atoms with Crippen molar-refractivity contribution in [3.8, 4) is 0 Å². The number of hydrogen-bond donors (Lipinski definition) is 0. The van der Waals surface area contributed by atoms with Crippen LogP contribution in [0.15, 0.2) is 0 Å². The van der Waals surface area contributed by atoms with Crippen LogP contribution in [-0.4, -0.2) is 54.0 Å². The molecule has 0 atom stereocenters. The topological polar surface area (TPSA) is 30.9 Å². The largest absolute Gasteiger partial charge is 0.502 e. The lowest BCUT2D eigenvalue weighted by molar-refractivity contribution is 0.0683. The van der Waals surface area contributed by atoms with Crippen LogP contribution in [0.4, 0.5) is 0 Å². The molecule has 1 rings (SSSR count). The Morgan fingerprint density at radius 3 is 1.48 bits per heavy atom. The second-order valence-corrected chi connectivity index (χ2v) is 18.1. The Kier molecular flexibility index (Phi) is 12.2. The van der Waals surface area contributed by atoms with E-state index in [1.165, 1.54) is 32.1 Å². The first-order valence-electron chi connectivity index (χ1n) is 12.4. The van der Waals surface area contributed by atoms with Gasteiger partial charge in [-0.3, -0.25) is 0 Å². The summed E-state index contributed by atoms with van der Waals surface area (Å²) in [4.78, 5) is 0. The molecule has 1 saturated carbocycles. The Morgan fingerprint density at radius 2 is 1.14 bits per heavy atom. The maximum absolute atomic E-state index is 6.23. The van der Waals surface area contributed by atoms with Gasteiger partial charge in [-0.2, -0.15) is 0 Å². The molecule has 1 aliphatic rings. The first-order valence-corrected chi connectivity index (χ1v) is 16.5. The van der Waals surface area contributed by atoms with E-state index in [0.29, 0.717) is 19.8 Å². The Morgan fingerprint density at radius 1 is 0.724 bits per heavy atom. The molecule has 1 fully saturated rings. The van der Waals surface area contributed by atoms with Crippen molar-refractivity contribution in [2.45, 2.75) is 123 Å². The van der Waals surface area contributed by atoms with Gasteiger partial charge in [-0.25, -0.2) is 0 Å². The average molecular weight is 446 g/mol. The van der Waals surface area contributed by atoms with Gasteiger partial charge in [0.2, 0.25) is 0 Å². The van der Waals surface area contributed by atoms with Gasteiger partial charge in [0.15, 0.2) is 0 Å². The van der Waals surface area contributed by atoms with E-state index in [1.807, 2.05) is 0 Å². The summed E-state index contributed by atoms with van der Waals surface area (Å²) in [5, 5.41) is 0. The van der Waals surface area contributed by atoms with Gasteiger partial charge in [0, 0.05) is 31.9 Å². The molecule has 0 heterocycles. The molecule has 0 aromatic heterocycles. The summed E-state index contributed by atoms with van der Waals surface area (Å²) in [5.41, 5.74) is 2.19. The molecule has 0 aromatic rings. The molecule has 6 heteroatoms. The first kappa shape index (κ1) is 27.3. The van der Waals surface area contributed by atoms with Crippen molar-refractivity contribution in [1.29, 1.82) is 0 Å². The van der Waals surface area contributed by atoms with E-state index in [0.717, 1.165) is 35.3 Å². The van der Waals surface area contributed by atoms with E-state index in [9.17, 15) is 0 Å². The second-order valence-electron chi connectivity index (χ2n) is 9.57. The summed E-state index contributed by atoms with van der Waals surface area (Å²) in [5.74, 6) is 0. The molecule has 0 saturated heterocycles. The molecule has 0 aliphatic heterocycles. The van der Waals surface area contributed by atoms with Gasteiger partial charge < -0.3 is 17.8 Å². The molecule has 0 unspecified atom stereocenters. The van der Waals surface area contributed by atoms with Crippen molar-refractivity contribution < 1.29 is 13.3 Å². The molecule has 1 aliphatic carbocycles. The maximum atomic E-state index is 6.23. The SMILES string of the molecule is CCO[Si](CCN(C1CCCCC1)[Si](C(C)C)(C(C)C)C(C)C)(OCC)OCC. The van der Waals surface area contributed by atoms with E-state index in [2.05, 4.69) is 66.9 Å². The zero-order chi connectivity index (χ0) is 22.1. The minimum absolute atomic E-state index is 0.663. The van der Waals surface area contributed by atoms with Gasteiger partial charge in [0.05, 0.1) is 0 Å². The number of nitrogens with zero attached hydrogens (tertiary/aromatic N) is 1. The van der Waals surface area contributed by atoms with Crippen LogP contribution in [0.5, 0.6) is 0 Å². The fraction of sp³-hybridized carbons (Fsp3) is 1.00. The van der Waals surface area contributed by atoms with Crippen LogP contribution < -0.4 is 0 Å². The molecule has 0 spiro atoms. The minimum Gasteiger partial charge on any atom is -0.374 e. The molecular weight excluding hydrogens is 394 g/mol. The monoisotopic (exact) mass is 445 g/mol. The molecule has 4 nitrogen and oxygen atoms in total. The number of rotatable bonds is 14. The minimum atomic E-state index is -2.62. The zero-order valence-electron chi connectivity index (χ0n) is 21.1. The molecule has 29 heavy (non-hydrogen) atoms. The second kappa shape index (κ2) is 13.0. The summed E-state index contributed by atoms with van der Waals surface area (Å²) in [6.07, 6.45) is 6.87. The van der Waals surface area contributed by atoms with Crippen molar-refractivity contribution in [3.05, 3.63) is 0 Å². The van der Waals surface area contributed by atoms with E-state index < -0.39 is 17.0 Å². The van der Waals surface area contributed by atoms with E-state index >= 15 is 0 Å². The fourth-order valence-corrected chi connectivity index (χ4v) is 16.5. The zero-order valence-corrected chi connectivity index (χ0v) is 23.1. The quantitative estimate of drug-likeness (QED) is 0.274.